The Kier molecular flexibility index (Phi) is 7.25. The van der Waals surface area contributed by atoms with E-state index >= 15 is 0 Å². The predicted octanol–water partition coefficient (Wildman–Crippen LogP) is 4.46. The molecule has 2 atom stereocenters. The average Bonchev–Trinajstić information content (AvgIpc) is 2.72. The normalized spacial score (nSPS) is 16.7. The Balaban J connectivity index is 1.78. The van der Waals surface area contributed by atoms with E-state index in [0.717, 1.165) is 11.1 Å². The topological polar surface area (TPSA) is 58.6 Å². The number of benzene rings is 2. The van der Waals surface area contributed by atoms with Gasteiger partial charge in [0.25, 0.3) is 0 Å². The summed E-state index contributed by atoms with van der Waals surface area (Å²) in [7, 11) is 0. The molecule has 1 aliphatic heterocycles. The number of carbonyl (C=O) groups is 2. The summed E-state index contributed by atoms with van der Waals surface area (Å²) in [5.41, 5.74) is 2.74. The summed E-state index contributed by atoms with van der Waals surface area (Å²) < 4.78 is 29.5. The molecule has 1 heterocycles. The van der Waals surface area contributed by atoms with Gasteiger partial charge < -0.3 is 15.0 Å². The lowest BCUT2D eigenvalue weighted by Crippen LogP contribution is -2.53. The maximum absolute atomic E-state index is 13.2. The Labute approximate surface area is 181 Å². The lowest BCUT2D eigenvalue weighted by atomic mass is 9.92. The number of nitrogens with one attached hydrogen (secondary N) is 1. The number of hydrogen-bond acceptors (Lipinski definition) is 3. The first-order valence-corrected chi connectivity index (χ1v) is 10.5. The molecule has 3 rings (SSSR count). The number of alkyl halides is 2. The fourth-order valence-electron chi connectivity index (χ4n) is 3.84. The molecule has 2 aromatic rings. The number of rotatable bonds is 7. The lowest BCUT2D eigenvalue weighted by molar-refractivity contribution is -0.142. The van der Waals surface area contributed by atoms with Crippen molar-refractivity contribution in [3.8, 4) is 5.75 Å². The lowest BCUT2D eigenvalue weighted by Gasteiger charge is -2.37. The Morgan fingerprint density at radius 3 is 2.48 bits per heavy atom. The van der Waals surface area contributed by atoms with Gasteiger partial charge in [0.05, 0.1) is 6.04 Å². The molecular formula is C24H28F2N2O3. The number of hydrogen-bond donors (Lipinski definition) is 1. The van der Waals surface area contributed by atoms with Crippen molar-refractivity contribution < 1.29 is 23.1 Å². The zero-order valence-electron chi connectivity index (χ0n) is 18.0. The van der Waals surface area contributed by atoms with Crippen molar-refractivity contribution in [1.82, 2.24) is 10.2 Å². The SMILES string of the molecule is CC(C)CC(=O)N1Cc2ccccc2CC1C(=O)NC(C)c1cccc(OC(F)F)c1. The van der Waals surface area contributed by atoms with Gasteiger partial charge in [-0.3, -0.25) is 9.59 Å². The highest BCUT2D eigenvalue weighted by molar-refractivity contribution is 5.88. The summed E-state index contributed by atoms with van der Waals surface area (Å²) in [6.07, 6.45) is 0.807. The van der Waals surface area contributed by atoms with Gasteiger partial charge in [-0.15, -0.1) is 0 Å². The zero-order chi connectivity index (χ0) is 22.5. The summed E-state index contributed by atoms with van der Waals surface area (Å²) in [5, 5.41) is 2.94. The van der Waals surface area contributed by atoms with E-state index in [1.807, 2.05) is 38.1 Å². The smallest absolute Gasteiger partial charge is 0.387 e. The summed E-state index contributed by atoms with van der Waals surface area (Å²) in [5.74, 6) is -0.0947. The van der Waals surface area contributed by atoms with Gasteiger partial charge >= 0.3 is 6.61 Å². The number of fused-ring (bicyclic) bond motifs is 1. The van der Waals surface area contributed by atoms with E-state index in [-0.39, 0.29) is 23.5 Å². The van der Waals surface area contributed by atoms with Crippen LogP contribution in [0.3, 0.4) is 0 Å². The van der Waals surface area contributed by atoms with Crippen LogP contribution in [0.25, 0.3) is 0 Å². The first-order chi connectivity index (χ1) is 14.7. The molecule has 2 aromatic carbocycles. The standard InChI is InChI=1S/C24H28F2N2O3/c1-15(2)11-22(29)28-14-19-8-5-4-7-18(19)13-21(28)23(30)27-16(3)17-9-6-10-20(12-17)31-24(25)26/h4-10,12,15-16,21,24H,11,13-14H2,1-3H3,(H,27,30). The summed E-state index contributed by atoms with van der Waals surface area (Å²) >= 11 is 0. The first-order valence-electron chi connectivity index (χ1n) is 10.5. The van der Waals surface area contributed by atoms with Gasteiger partial charge in [-0.05, 0) is 41.7 Å². The van der Waals surface area contributed by atoms with E-state index in [1.165, 1.54) is 12.1 Å². The van der Waals surface area contributed by atoms with Crippen LogP contribution in [0.15, 0.2) is 48.5 Å². The fourth-order valence-corrected chi connectivity index (χ4v) is 3.84. The van der Waals surface area contributed by atoms with Crippen molar-refractivity contribution in [3.05, 3.63) is 65.2 Å². The number of nitrogens with zero attached hydrogens (tertiary/aromatic N) is 1. The third-order valence-corrected chi connectivity index (χ3v) is 5.40. The third kappa shape index (κ3) is 5.81. The Morgan fingerprint density at radius 1 is 1.10 bits per heavy atom. The van der Waals surface area contributed by atoms with Crippen LogP contribution in [0.1, 0.15) is 49.9 Å². The van der Waals surface area contributed by atoms with E-state index < -0.39 is 18.7 Å². The maximum atomic E-state index is 13.2. The van der Waals surface area contributed by atoms with Crippen molar-refractivity contribution in [2.45, 2.75) is 58.9 Å². The molecule has 0 spiro atoms. The summed E-state index contributed by atoms with van der Waals surface area (Å²) in [6.45, 7) is 3.20. The van der Waals surface area contributed by atoms with Crippen LogP contribution in [0.4, 0.5) is 8.78 Å². The van der Waals surface area contributed by atoms with Crippen LogP contribution in [-0.4, -0.2) is 29.4 Å². The minimum atomic E-state index is -2.91. The minimum absolute atomic E-state index is 0.0360. The Bertz CT molecular complexity index is 933. The van der Waals surface area contributed by atoms with E-state index in [4.69, 9.17) is 0 Å². The zero-order valence-corrected chi connectivity index (χ0v) is 18.0. The van der Waals surface area contributed by atoms with Gasteiger partial charge in [-0.1, -0.05) is 50.2 Å². The summed E-state index contributed by atoms with van der Waals surface area (Å²) in [4.78, 5) is 27.7. The highest BCUT2D eigenvalue weighted by Crippen LogP contribution is 2.26. The number of carbonyl (C=O) groups excluding carboxylic acids is 2. The second-order valence-corrected chi connectivity index (χ2v) is 8.29. The van der Waals surface area contributed by atoms with E-state index in [2.05, 4.69) is 10.1 Å². The second kappa shape index (κ2) is 9.90. The maximum Gasteiger partial charge on any atom is 0.387 e. The van der Waals surface area contributed by atoms with Gasteiger partial charge in [-0.25, -0.2) is 0 Å². The molecule has 166 valence electrons. The molecule has 2 amide bonds. The predicted molar refractivity (Wildman–Crippen MR) is 114 cm³/mol. The van der Waals surface area contributed by atoms with Gasteiger partial charge in [0.2, 0.25) is 11.8 Å². The Morgan fingerprint density at radius 2 is 1.81 bits per heavy atom. The molecule has 0 fully saturated rings. The number of amides is 2. The second-order valence-electron chi connectivity index (χ2n) is 8.29. The van der Waals surface area contributed by atoms with Crippen LogP contribution >= 0.6 is 0 Å². The molecule has 0 saturated heterocycles. The molecule has 2 unspecified atom stereocenters. The van der Waals surface area contributed by atoms with E-state index in [0.29, 0.717) is 24.9 Å². The third-order valence-electron chi connectivity index (χ3n) is 5.40. The molecule has 0 aromatic heterocycles. The van der Waals surface area contributed by atoms with Gasteiger partial charge in [-0.2, -0.15) is 8.78 Å². The van der Waals surface area contributed by atoms with E-state index in [9.17, 15) is 18.4 Å². The molecule has 7 heteroatoms. The highest BCUT2D eigenvalue weighted by atomic mass is 19.3. The molecule has 0 bridgehead atoms. The van der Waals surface area contributed by atoms with Crippen molar-refractivity contribution in [3.63, 3.8) is 0 Å². The summed E-state index contributed by atoms with van der Waals surface area (Å²) in [6, 6.07) is 13.0. The average molecular weight is 430 g/mol. The first kappa shape index (κ1) is 22.7. The fraction of sp³-hybridized carbons (Fsp3) is 0.417. The van der Waals surface area contributed by atoms with Crippen LogP contribution in [0.5, 0.6) is 5.75 Å². The van der Waals surface area contributed by atoms with Crippen LogP contribution in [0, 0.1) is 5.92 Å². The van der Waals surface area contributed by atoms with Gasteiger partial charge in [0, 0.05) is 19.4 Å². The molecule has 0 radical (unpaired) electrons. The van der Waals surface area contributed by atoms with Crippen molar-refractivity contribution in [2.75, 3.05) is 0 Å². The quantitative estimate of drug-likeness (QED) is 0.705. The van der Waals surface area contributed by atoms with Crippen molar-refractivity contribution in [2.24, 2.45) is 5.92 Å². The molecule has 0 saturated carbocycles. The highest BCUT2D eigenvalue weighted by Gasteiger charge is 2.35. The number of halogens is 2. The van der Waals surface area contributed by atoms with Crippen LogP contribution in [0.2, 0.25) is 0 Å². The van der Waals surface area contributed by atoms with Crippen LogP contribution in [-0.2, 0) is 22.6 Å². The Hall–Kier alpha value is -2.96. The molecule has 1 aliphatic rings. The van der Waals surface area contributed by atoms with Crippen molar-refractivity contribution in [1.29, 1.82) is 0 Å². The molecule has 5 nitrogen and oxygen atoms in total. The largest absolute Gasteiger partial charge is 0.435 e. The van der Waals surface area contributed by atoms with Gasteiger partial charge in [0.1, 0.15) is 11.8 Å². The molecule has 0 aliphatic carbocycles. The van der Waals surface area contributed by atoms with Crippen LogP contribution < -0.4 is 10.1 Å². The molecule has 1 N–H and O–H groups in total. The monoisotopic (exact) mass is 430 g/mol. The van der Waals surface area contributed by atoms with Gasteiger partial charge in [0.15, 0.2) is 0 Å². The minimum Gasteiger partial charge on any atom is -0.435 e. The molecular weight excluding hydrogens is 402 g/mol. The number of ether oxygens (including phenoxy) is 1. The van der Waals surface area contributed by atoms with Crippen molar-refractivity contribution >= 4 is 11.8 Å². The van der Waals surface area contributed by atoms with E-state index in [1.54, 1.807) is 24.0 Å². The molecule has 31 heavy (non-hydrogen) atoms.